The van der Waals surface area contributed by atoms with Crippen LogP contribution in [0.15, 0.2) is 24.3 Å². The number of carbonyl (C=O) groups is 2. The smallest absolute Gasteiger partial charge is 0.235 e. The summed E-state index contributed by atoms with van der Waals surface area (Å²) in [5.41, 5.74) is 0.0458. The summed E-state index contributed by atoms with van der Waals surface area (Å²) >= 11 is 0. The number of hydrogen-bond donors (Lipinski definition) is 2. The fourth-order valence-electron chi connectivity index (χ4n) is 2.23. The van der Waals surface area contributed by atoms with E-state index in [4.69, 9.17) is 4.74 Å². The normalized spacial score (nSPS) is 11.0. The molecule has 0 saturated heterocycles. The first-order chi connectivity index (χ1) is 11.4. The number of rotatable bonds is 10. The van der Waals surface area contributed by atoms with E-state index >= 15 is 0 Å². The first kappa shape index (κ1) is 20.0. The Kier molecular flexibility index (Phi) is 8.30. The lowest BCUT2D eigenvalue weighted by Crippen LogP contribution is -2.48. The summed E-state index contributed by atoms with van der Waals surface area (Å²) in [6.45, 7) is 6.55. The molecule has 0 aliphatic carbocycles. The lowest BCUT2D eigenvalue weighted by Gasteiger charge is -2.22. The van der Waals surface area contributed by atoms with Crippen LogP contribution in [0.1, 0.15) is 45.6 Å². The van der Waals surface area contributed by atoms with Crippen LogP contribution in [-0.4, -0.2) is 32.0 Å². The number of amides is 2. The predicted octanol–water partition coefficient (Wildman–Crippen LogP) is 2.69. The molecule has 24 heavy (non-hydrogen) atoms. The molecule has 0 aliphatic rings. The van der Waals surface area contributed by atoms with Crippen LogP contribution in [0.4, 0.5) is 0 Å². The molecule has 0 saturated carbocycles. The summed E-state index contributed by atoms with van der Waals surface area (Å²) in [4.78, 5) is 24.5. The third-order valence-corrected chi connectivity index (χ3v) is 4.06. The highest BCUT2D eigenvalue weighted by molar-refractivity contribution is 6.04. The number of ether oxygens (including phenoxy) is 1. The van der Waals surface area contributed by atoms with E-state index in [1.807, 2.05) is 24.3 Å². The summed E-state index contributed by atoms with van der Waals surface area (Å²) in [6.07, 6.45) is 3.83. The molecular weight excluding hydrogens is 304 g/mol. The molecule has 0 unspecified atom stereocenters. The molecule has 2 N–H and O–H groups in total. The predicted molar refractivity (Wildman–Crippen MR) is 96.0 cm³/mol. The second-order valence-corrected chi connectivity index (χ2v) is 6.44. The molecule has 0 radical (unpaired) electrons. The minimum atomic E-state index is -1.06. The summed E-state index contributed by atoms with van der Waals surface area (Å²) in [6, 6.07) is 7.73. The Labute approximate surface area is 145 Å². The highest BCUT2D eigenvalue weighted by atomic mass is 16.5. The Bertz CT molecular complexity index is 524. The van der Waals surface area contributed by atoms with Gasteiger partial charge in [-0.25, -0.2) is 0 Å². The van der Waals surface area contributed by atoms with Crippen molar-refractivity contribution in [3.8, 4) is 5.75 Å². The van der Waals surface area contributed by atoms with E-state index in [1.54, 1.807) is 21.0 Å². The lowest BCUT2D eigenvalue weighted by molar-refractivity contribution is -0.141. The molecule has 0 spiro atoms. The Morgan fingerprint density at radius 1 is 1.00 bits per heavy atom. The van der Waals surface area contributed by atoms with Crippen LogP contribution < -0.4 is 15.4 Å². The van der Waals surface area contributed by atoms with Crippen LogP contribution >= 0.6 is 0 Å². The lowest BCUT2D eigenvalue weighted by atomic mass is 9.91. The van der Waals surface area contributed by atoms with Gasteiger partial charge in [-0.15, -0.1) is 0 Å². The molecule has 1 aromatic rings. The molecular formula is C19H30N2O3. The second-order valence-electron chi connectivity index (χ2n) is 6.44. The van der Waals surface area contributed by atoms with Gasteiger partial charge < -0.3 is 15.4 Å². The third-order valence-electron chi connectivity index (χ3n) is 4.06. The standard InChI is InChI=1S/C19H30N2O3/c1-5-6-7-13-20-17(22)19(2,3)18(23)21-14-12-15-8-10-16(24-4)11-9-15/h8-11H,5-7,12-14H2,1-4H3,(H,20,22)(H,21,23). The number of unbranched alkanes of at least 4 members (excludes halogenated alkanes) is 2. The zero-order chi connectivity index (χ0) is 18.0. The molecule has 0 atom stereocenters. The van der Waals surface area contributed by atoms with Crippen LogP contribution in [0.5, 0.6) is 5.75 Å². The van der Waals surface area contributed by atoms with Crippen molar-refractivity contribution >= 4 is 11.8 Å². The number of benzene rings is 1. The third kappa shape index (κ3) is 6.22. The molecule has 5 nitrogen and oxygen atoms in total. The van der Waals surface area contributed by atoms with Crippen molar-refractivity contribution in [2.75, 3.05) is 20.2 Å². The fourth-order valence-corrected chi connectivity index (χ4v) is 2.23. The van der Waals surface area contributed by atoms with Crippen molar-refractivity contribution in [2.45, 2.75) is 46.5 Å². The highest BCUT2D eigenvalue weighted by Crippen LogP contribution is 2.16. The largest absolute Gasteiger partial charge is 0.497 e. The molecule has 1 rings (SSSR count). The van der Waals surface area contributed by atoms with E-state index < -0.39 is 5.41 Å². The SMILES string of the molecule is CCCCCNC(=O)C(C)(C)C(=O)NCCc1ccc(OC)cc1. The van der Waals surface area contributed by atoms with E-state index in [-0.39, 0.29) is 11.8 Å². The van der Waals surface area contributed by atoms with Gasteiger partial charge in [0.1, 0.15) is 11.2 Å². The van der Waals surface area contributed by atoms with Gasteiger partial charge in [-0.3, -0.25) is 9.59 Å². The quantitative estimate of drug-likeness (QED) is 0.511. The first-order valence-corrected chi connectivity index (χ1v) is 8.61. The summed E-state index contributed by atoms with van der Waals surface area (Å²) in [7, 11) is 1.63. The monoisotopic (exact) mass is 334 g/mol. The van der Waals surface area contributed by atoms with Gasteiger partial charge in [0.2, 0.25) is 11.8 Å². The molecule has 1 aromatic carbocycles. The van der Waals surface area contributed by atoms with Crippen molar-refractivity contribution in [3.63, 3.8) is 0 Å². The fraction of sp³-hybridized carbons (Fsp3) is 0.579. The Hall–Kier alpha value is -2.04. The molecule has 0 fully saturated rings. The van der Waals surface area contributed by atoms with Gasteiger partial charge in [0, 0.05) is 13.1 Å². The van der Waals surface area contributed by atoms with Crippen molar-refractivity contribution in [2.24, 2.45) is 5.41 Å². The van der Waals surface area contributed by atoms with E-state index in [0.29, 0.717) is 19.5 Å². The van der Waals surface area contributed by atoms with E-state index in [9.17, 15) is 9.59 Å². The minimum absolute atomic E-state index is 0.222. The molecule has 0 bridgehead atoms. The second kappa shape index (κ2) is 9.96. The van der Waals surface area contributed by atoms with Crippen LogP contribution in [0.3, 0.4) is 0 Å². The Morgan fingerprint density at radius 2 is 1.58 bits per heavy atom. The maximum Gasteiger partial charge on any atom is 0.235 e. The van der Waals surface area contributed by atoms with Gasteiger partial charge in [-0.1, -0.05) is 31.9 Å². The van der Waals surface area contributed by atoms with Gasteiger partial charge in [0.05, 0.1) is 7.11 Å². The first-order valence-electron chi connectivity index (χ1n) is 8.61. The van der Waals surface area contributed by atoms with Crippen LogP contribution in [0.2, 0.25) is 0 Å². The Balaban J connectivity index is 2.39. The molecule has 134 valence electrons. The molecule has 0 aliphatic heterocycles. The molecule has 5 heteroatoms. The van der Waals surface area contributed by atoms with Crippen molar-refractivity contribution < 1.29 is 14.3 Å². The maximum atomic E-state index is 12.3. The van der Waals surface area contributed by atoms with Gasteiger partial charge in [-0.2, -0.15) is 0 Å². The number of nitrogens with one attached hydrogen (secondary N) is 2. The van der Waals surface area contributed by atoms with Gasteiger partial charge in [-0.05, 0) is 44.4 Å². The zero-order valence-electron chi connectivity index (χ0n) is 15.3. The van der Waals surface area contributed by atoms with Gasteiger partial charge >= 0.3 is 0 Å². The molecule has 2 amide bonds. The van der Waals surface area contributed by atoms with E-state index in [1.165, 1.54) is 0 Å². The molecule has 0 aromatic heterocycles. The van der Waals surface area contributed by atoms with E-state index in [0.717, 1.165) is 30.6 Å². The van der Waals surface area contributed by atoms with Gasteiger partial charge in [0.15, 0.2) is 0 Å². The Morgan fingerprint density at radius 3 is 2.12 bits per heavy atom. The van der Waals surface area contributed by atoms with Crippen molar-refractivity contribution in [3.05, 3.63) is 29.8 Å². The zero-order valence-corrected chi connectivity index (χ0v) is 15.3. The average Bonchev–Trinajstić information content (AvgIpc) is 2.58. The summed E-state index contributed by atoms with van der Waals surface area (Å²) in [5, 5.41) is 5.70. The van der Waals surface area contributed by atoms with Gasteiger partial charge in [0.25, 0.3) is 0 Å². The van der Waals surface area contributed by atoms with Crippen LogP contribution in [-0.2, 0) is 16.0 Å². The summed E-state index contributed by atoms with van der Waals surface area (Å²) in [5.74, 6) is 0.341. The average molecular weight is 334 g/mol. The molecule has 0 heterocycles. The highest BCUT2D eigenvalue weighted by Gasteiger charge is 2.35. The minimum Gasteiger partial charge on any atom is -0.497 e. The van der Waals surface area contributed by atoms with Crippen molar-refractivity contribution in [1.29, 1.82) is 0 Å². The number of methoxy groups -OCH3 is 1. The topological polar surface area (TPSA) is 67.4 Å². The number of carbonyl (C=O) groups excluding carboxylic acids is 2. The van der Waals surface area contributed by atoms with E-state index in [2.05, 4.69) is 17.6 Å². The van der Waals surface area contributed by atoms with Crippen LogP contribution in [0, 0.1) is 5.41 Å². The van der Waals surface area contributed by atoms with Crippen LogP contribution in [0.25, 0.3) is 0 Å². The summed E-state index contributed by atoms with van der Waals surface area (Å²) < 4.78 is 5.12. The maximum absolute atomic E-state index is 12.3. The number of hydrogen-bond acceptors (Lipinski definition) is 3. The van der Waals surface area contributed by atoms with Crippen molar-refractivity contribution in [1.82, 2.24) is 10.6 Å².